The van der Waals surface area contributed by atoms with Crippen molar-refractivity contribution in [2.45, 2.75) is 33.2 Å². The Hall–Kier alpha value is -1.08. The maximum absolute atomic E-state index is 2.49. The largest absolute Gasteiger partial charge is 0.299 e. The third-order valence-electron chi connectivity index (χ3n) is 3.81. The smallest absolute Gasteiger partial charge is 0.0354 e. The van der Waals surface area contributed by atoms with Crippen molar-refractivity contribution < 1.29 is 0 Å². The van der Waals surface area contributed by atoms with Gasteiger partial charge in [-0.3, -0.25) is 4.90 Å². The predicted octanol–water partition coefficient (Wildman–Crippen LogP) is 3.74. The summed E-state index contributed by atoms with van der Waals surface area (Å²) in [6.07, 6.45) is 3.83. The Morgan fingerprint density at radius 1 is 1.18 bits per heavy atom. The van der Waals surface area contributed by atoms with Crippen molar-refractivity contribution >= 4 is 5.57 Å². The number of fused-ring (bicyclic) bond motifs is 2. The van der Waals surface area contributed by atoms with Gasteiger partial charge in [0.25, 0.3) is 0 Å². The van der Waals surface area contributed by atoms with Crippen LogP contribution in [0.15, 0.2) is 30.3 Å². The van der Waals surface area contributed by atoms with Crippen molar-refractivity contribution in [1.82, 2.24) is 4.90 Å². The normalized spacial score (nSPS) is 26.5. The average molecular weight is 229 g/mol. The van der Waals surface area contributed by atoms with Crippen molar-refractivity contribution in [3.8, 4) is 0 Å². The van der Waals surface area contributed by atoms with Crippen LogP contribution < -0.4 is 0 Å². The van der Waals surface area contributed by atoms with Crippen LogP contribution in [0.3, 0.4) is 0 Å². The number of rotatable bonds is 1. The molecule has 0 N–H and O–H groups in total. The van der Waals surface area contributed by atoms with E-state index in [2.05, 4.69) is 49.2 Å². The standard InChI is InChI=1S/C14H17N.C2H6/c1-10-5-3-4-6-12(10)13-7-11-8-14(13)15(2)9-11;1-2/h3-7,11,14H,8-9H2,1-2H3;1-2H3. The molecule has 1 saturated heterocycles. The second-order valence-corrected chi connectivity index (χ2v) is 4.89. The Labute approximate surface area is 105 Å². The van der Waals surface area contributed by atoms with Gasteiger partial charge in [-0.15, -0.1) is 0 Å². The van der Waals surface area contributed by atoms with Crippen molar-refractivity contribution in [3.05, 3.63) is 41.5 Å². The molecule has 2 aliphatic rings. The first-order valence-electron chi connectivity index (χ1n) is 6.73. The van der Waals surface area contributed by atoms with E-state index < -0.39 is 0 Å². The van der Waals surface area contributed by atoms with Crippen LogP contribution in [-0.4, -0.2) is 24.5 Å². The van der Waals surface area contributed by atoms with E-state index in [0.29, 0.717) is 6.04 Å². The summed E-state index contributed by atoms with van der Waals surface area (Å²) in [6.45, 7) is 7.46. The summed E-state index contributed by atoms with van der Waals surface area (Å²) in [5.41, 5.74) is 4.42. The molecule has 1 aromatic carbocycles. The van der Waals surface area contributed by atoms with Crippen LogP contribution in [0.2, 0.25) is 0 Å². The van der Waals surface area contributed by atoms with E-state index in [0.717, 1.165) is 5.92 Å². The lowest BCUT2D eigenvalue weighted by Crippen LogP contribution is -2.28. The summed E-state index contributed by atoms with van der Waals surface area (Å²) < 4.78 is 0. The van der Waals surface area contributed by atoms with E-state index in [4.69, 9.17) is 0 Å². The Morgan fingerprint density at radius 3 is 2.47 bits per heavy atom. The van der Waals surface area contributed by atoms with Crippen LogP contribution in [0, 0.1) is 12.8 Å². The molecule has 0 radical (unpaired) electrons. The molecule has 1 nitrogen and oxygen atoms in total. The Balaban J connectivity index is 0.000000514. The number of nitrogens with zero attached hydrogens (tertiary/aromatic N) is 1. The van der Waals surface area contributed by atoms with Gasteiger partial charge in [0.2, 0.25) is 0 Å². The van der Waals surface area contributed by atoms with E-state index in [1.165, 1.54) is 24.1 Å². The second-order valence-electron chi connectivity index (χ2n) is 4.89. The lowest BCUT2D eigenvalue weighted by molar-refractivity contribution is 0.353. The molecule has 1 heteroatoms. The van der Waals surface area contributed by atoms with Gasteiger partial charge in [-0.2, -0.15) is 0 Å². The minimum atomic E-state index is 0.677. The summed E-state index contributed by atoms with van der Waals surface area (Å²) in [5.74, 6) is 0.801. The first-order chi connectivity index (χ1) is 8.25. The zero-order chi connectivity index (χ0) is 12.4. The van der Waals surface area contributed by atoms with E-state index in [9.17, 15) is 0 Å². The van der Waals surface area contributed by atoms with Gasteiger partial charge in [0.15, 0.2) is 0 Å². The Kier molecular flexibility index (Phi) is 3.68. The van der Waals surface area contributed by atoms with Crippen LogP contribution >= 0.6 is 0 Å². The predicted molar refractivity (Wildman–Crippen MR) is 75.0 cm³/mol. The van der Waals surface area contributed by atoms with Crippen LogP contribution in [0.25, 0.3) is 5.57 Å². The molecule has 1 heterocycles. The molecule has 0 amide bonds. The summed E-state index contributed by atoms with van der Waals surface area (Å²) in [4.78, 5) is 2.49. The van der Waals surface area contributed by atoms with E-state index in [-0.39, 0.29) is 0 Å². The van der Waals surface area contributed by atoms with Crippen molar-refractivity contribution in [1.29, 1.82) is 0 Å². The fourth-order valence-corrected chi connectivity index (χ4v) is 3.05. The van der Waals surface area contributed by atoms with Crippen molar-refractivity contribution in [3.63, 3.8) is 0 Å². The minimum Gasteiger partial charge on any atom is -0.299 e. The SMILES string of the molecule is CC.Cc1ccccc1C1=CC2CC1N(C)C2. The van der Waals surface area contributed by atoms with Gasteiger partial charge in [0.1, 0.15) is 0 Å². The molecule has 1 aliphatic heterocycles. The second kappa shape index (κ2) is 5.05. The summed E-state index contributed by atoms with van der Waals surface area (Å²) in [7, 11) is 2.25. The van der Waals surface area contributed by atoms with Gasteiger partial charge in [0.05, 0.1) is 0 Å². The van der Waals surface area contributed by atoms with Crippen molar-refractivity contribution in [2.24, 2.45) is 5.92 Å². The molecule has 17 heavy (non-hydrogen) atoms. The molecule has 2 atom stereocenters. The molecule has 0 aromatic heterocycles. The van der Waals surface area contributed by atoms with Crippen LogP contribution in [0.1, 0.15) is 31.4 Å². The van der Waals surface area contributed by atoms with Crippen LogP contribution in [0.4, 0.5) is 0 Å². The van der Waals surface area contributed by atoms with Gasteiger partial charge in [-0.1, -0.05) is 44.2 Å². The van der Waals surface area contributed by atoms with Crippen LogP contribution in [0.5, 0.6) is 0 Å². The molecule has 92 valence electrons. The molecule has 3 rings (SSSR count). The number of hydrogen-bond acceptors (Lipinski definition) is 1. The highest BCUT2D eigenvalue weighted by atomic mass is 15.2. The minimum absolute atomic E-state index is 0.677. The Bertz CT molecular complexity index is 419. The quantitative estimate of drug-likeness (QED) is 0.709. The number of hydrogen-bond donors (Lipinski definition) is 0. The highest BCUT2D eigenvalue weighted by Gasteiger charge is 2.37. The summed E-state index contributed by atoms with van der Waals surface area (Å²) >= 11 is 0. The molecule has 0 spiro atoms. The highest BCUT2D eigenvalue weighted by Crippen LogP contribution is 2.41. The molecule has 1 fully saturated rings. The topological polar surface area (TPSA) is 3.24 Å². The molecule has 2 bridgehead atoms. The van der Waals surface area contributed by atoms with E-state index in [1.54, 1.807) is 5.57 Å². The maximum Gasteiger partial charge on any atom is 0.0354 e. The summed E-state index contributed by atoms with van der Waals surface area (Å²) in [6, 6.07) is 9.42. The fourth-order valence-electron chi connectivity index (χ4n) is 3.05. The van der Waals surface area contributed by atoms with Gasteiger partial charge in [0, 0.05) is 12.6 Å². The monoisotopic (exact) mass is 229 g/mol. The first-order valence-corrected chi connectivity index (χ1v) is 6.73. The fraction of sp³-hybridized carbons (Fsp3) is 0.500. The number of likely N-dealkylation sites (tertiary alicyclic amines) is 1. The maximum atomic E-state index is 2.49. The van der Waals surface area contributed by atoms with Gasteiger partial charge < -0.3 is 0 Å². The third-order valence-corrected chi connectivity index (χ3v) is 3.81. The molecule has 2 unspecified atom stereocenters. The van der Waals surface area contributed by atoms with Crippen molar-refractivity contribution in [2.75, 3.05) is 13.6 Å². The van der Waals surface area contributed by atoms with E-state index in [1.807, 2.05) is 13.8 Å². The van der Waals surface area contributed by atoms with Gasteiger partial charge in [-0.25, -0.2) is 0 Å². The molecule has 1 aliphatic carbocycles. The number of aryl methyl sites for hydroxylation is 1. The van der Waals surface area contributed by atoms with E-state index >= 15 is 0 Å². The molecular weight excluding hydrogens is 206 g/mol. The lowest BCUT2D eigenvalue weighted by atomic mass is 9.96. The highest BCUT2D eigenvalue weighted by molar-refractivity contribution is 5.75. The molecule has 1 aromatic rings. The third kappa shape index (κ3) is 2.16. The van der Waals surface area contributed by atoms with Gasteiger partial charge in [-0.05, 0) is 43.0 Å². The zero-order valence-electron chi connectivity index (χ0n) is 11.4. The number of likely N-dealkylation sites (N-methyl/N-ethyl adjacent to an activating group) is 1. The first kappa shape index (κ1) is 12.4. The average Bonchev–Trinajstić information content (AvgIpc) is 2.91. The lowest BCUT2D eigenvalue weighted by Gasteiger charge is -2.25. The van der Waals surface area contributed by atoms with Gasteiger partial charge >= 0.3 is 0 Å². The number of benzene rings is 1. The summed E-state index contributed by atoms with van der Waals surface area (Å²) in [5, 5.41) is 0. The van der Waals surface area contributed by atoms with Crippen LogP contribution in [-0.2, 0) is 0 Å². The molecule has 0 saturated carbocycles. The zero-order valence-corrected chi connectivity index (χ0v) is 11.4. The molecular formula is C16H23N. The Morgan fingerprint density at radius 2 is 1.88 bits per heavy atom.